The summed E-state index contributed by atoms with van der Waals surface area (Å²) in [6, 6.07) is -0.918. The van der Waals surface area contributed by atoms with Crippen LogP contribution >= 0.6 is 0 Å². The fourth-order valence-electron chi connectivity index (χ4n) is 3.26. The van der Waals surface area contributed by atoms with E-state index < -0.39 is 41.2 Å². The Kier molecular flexibility index (Phi) is 32.0. The Hall–Kier alpha value is -4.76. The zero-order chi connectivity index (χ0) is 42.4. The average molecular weight is 759 g/mol. The van der Waals surface area contributed by atoms with Crippen molar-refractivity contribution in [1.29, 1.82) is 0 Å². The fourth-order valence-corrected chi connectivity index (χ4v) is 3.26. The monoisotopic (exact) mass is 758 g/mol. The van der Waals surface area contributed by atoms with Crippen LogP contribution in [-0.4, -0.2) is 93.6 Å². The van der Waals surface area contributed by atoms with E-state index in [2.05, 4.69) is 34.4 Å². The lowest BCUT2D eigenvalue weighted by Gasteiger charge is -2.24. The number of hydrogen-bond donors (Lipinski definition) is 8. The minimum absolute atomic E-state index is 0.000236. The highest BCUT2D eigenvalue weighted by Gasteiger charge is 2.33. The molecule has 0 aromatic carbocycles. The fraction of sp³-hybridized carbons (Fsp3) is 0.676. The largest absolute Gasteiger partial charge is 0.481 e. The van der Waals surface area contributed by atoms with Gasteiger partial charge >= 0.3 is 23.9 Å². The van der Waals surface area contributed by atoms with Gasteiger partial charge in [-0.05, 0) is 57.1 Å². The maximum atomic E-state index is 11.8. The Morgan fingerprint density at radius 2 is 1.08 bits per heavy atom. The molecular weight excluding hydrogens is 692 g/mol. The Morgan fingerprint density at radius 1 is 0.623 bits per heavy atom. The van der Waals surface area contributed by atoms with Gasteiger partial charge in [-0.2, -0.15) is 0 Å². The predicted octanol–water partition coefficient (Wildman–Crippen LogP) is 3.99. The van der Waals surface area contributed by atoms with Gasteiger partial charge in [0, 0.05) is 25.0 Å². The molecule has 8 N–H and O–H groups in total. The number of rotatable bonds is 22. The number of carbonyl (C=O) groups excluding carboxylic acids is 4. The highest BCUT2D eigenvalue weighted by Crippen LogP contribution is 2.25. The van der Waals surface area contributed by atoms with Crippen molar-refractivity contribution in [2.45, 2.75) is 120 Å². The number of hydrogen-bond acceptors (Lipinski definition) is 8. The molecule has 0 bridgehead atoms. The first-order valence-corrected chi connectivity index (χ1v) is 17.8. The molecule has 0 aliphatic carbocycles. The minimum atomic E-state index is -1.07. The number of nitrogens with one attached hydrogen (secondary N) is 4. The number of amides is 4. The third kappa shape index (κ3) is 29.5. The molecule has 306 valence electrons. The summed E-state index contributed by atoms with van der Waals surface area (Å²) in [5.41, 5.74) is -1.31. The van der Waals surface area contributed by atoms with Crippen LogP contribution in [0.1, 0.15) is 114 Å². The summed E-state index contributed by atoms with van der Waals surface area (Å²) in [5.74, 6) is -4.98. The second-order valence-electron chi connectivity index (χ2n) is 13.1. The Bertz CT molecular complexity index is 1170. The van der Waals surface area contributed by atoms with Crippen molar-refractivity contribution in [3.8, 4) is 0 Å². The molecule has 0 saturated heterocycles. The average Bonchev–Trinajstić information content (AvgIpc) is 3.11. The van der Waals surface area contributed by atoms with Crippen molar-refractivity contribution in [3.05, 3.63) is 25.3 Å². The highest BCUT2D eigenvalue weighted by atomic mass is 16.4. The molecule has 0 fully saturated rings. The van der Waals surface area contributed by atoms with E-state index in [4.69, 9.17) is 20.4 Å². The third-order valence-corrected chi connectivity index (χ3v) is 8.34. The zero-order valence-corrected chi connectivity index (χ0v) is 33.1. The van der Waals surface area contributed by atoms with Gasteiger partial charge in [0.25, 0.3) is 0 Å². The Balaban J connectivity index is -0.000000336. The van der Waals surface area contributed by atoms with E-state index in [1.54, 1.807) is 27.7 Å². The smallest absolute Gasteiger partial charge is 0.326 e. The molecule has 0 rings (SSSR count). The molecule has 0 saturated carbocycles. The van der Waals surface area contributed by atoms with Crippen LogP contribution in [0.2, 0.25) is 0 Å². The lowest BCUT2D eigenvalue weighted by atomic mass is 9.83. The van der Waals surface area contributed by atoms with Gasteiger partial charge in [-0.3, -0.25) is 33.6 Å². The predicted molar refractivity (Wildman–Crippen MR) is 202 cm³/mol. The molecule has 0 radical (unpaired) electrons. The molecule has 4 unspecified atom stereocenters. The molecule has 4 amide bonds. The minimum Gasteiger partial charge on any atom is -0.481 e. The maximum absolute atomic E-state index is 11.8. The van der Waals surface area contributed by atoms with Gasteiger partial charge in [0.15, 0.2) is 0 Å². The van der Waals surface area contributed by atoms with E-state index in [0.717, 1.165) is 31.4 Å². The molecule has 16 heteroatoms. The van der Waals surface area contributed by atoms with Gasteiger partial charge in [-0.25, -0.2) is 4.79 Å². The van der Waals surface area contributed by atoms with E-state index in [-0.39, 0.29) is 54.5 Å². The third-order valence-electron chi connectivity index (χ3n) is 8.34. The summed E-state index contributed by atoms with van der Waals surface area (Å²) in [4.78, 5) is 87.1. The number of carbonyl (C=O) groups is 8. The van der Waals surface area contributed by atoms with Crippen molar-refractivity contribution in [1.82, 2.24) is 21.3 Å². The van der Waals surface area contributed by atoms with Crippen LogP contribution in [0.15, 0.2) is 25.3 Å². The molecule has 0 aromatic rings. The lowest BCUT2D eigenvalue weighted by molar-refractivity contribution is -0.145. The van der Waals surface area contributed by atoms with E-state index >= 15 is 0 Å². The van der Waals surface area contributed by atoms with Crippen LogP contribution in [0, 0.1) is 22.7 Å². The first-order valence-electron chi connectivity index (χ1n) is 17.8. The molecule has 0 heterocycles. The van der Waals surface area contributed by atoms with Crippen LogP contribution in [0.25, 0.3) is 0 Å². The summed E-state index contributed by atoms with van der Waals surface area (Å²) in [5, 5.41) is 44.4. The topological polar surface area (TPSA) is 266 Å². The maximum Gasteiger partial charge on any atom is 0.326 e. The van der Waals surface area contributed by atoms with E-state index in [1.807, 2.05) is 34.6 Å². The van der Waals surface area contributed by atoms with Crippen molar-refractivity contribution in [2.24, 2.45) is 22.7 Å². The van der Waals surface area contributed by atoms with Crippen molar-refractivity contribution >= 4 is 47.5 Å². The first-order chi connectivity index (χ1) is 24.5. The van der Waals surface area contributed by atoms with Crippen LogP contribution in [-0.2, 0) is 38.4 Å². The molecule has 0 aliphatic rings. The van der Waals surface area contributed by atoms with Gasteiger partial charge in [0.2, 0.25) is 23.6 Å². The molecule has 0 aromatic heterocycles. The van der Waals surface area contributed by atoms with Crippen molar-refractivity contribution < 1.29 is 58.8 Å². The van der Waals surface area contributed by atoms with Gasteiger partial charge < -0.3 is 41.7 Å². The quantitative estimate of drug-likeness (QED) is 0.0575. The Morgan fingerprint density at radius 3 is 1.42 bits per heavy atom. The SMILES string of the molecule is C=CC(=O)NC(CCCCNC(=O)C(C)(C)CC)C(=O)O.C=CC(=O)NCCNC(=O)C(C)(CC)CC(=O)O.CCC(C)C(=O)O.CCC(C)C(=O)O. The number of carboxylic acids is 4. The Labute approximate surface area is 314 Å². The molecule has 0 aliphatic heterocycles. The zero-order valence-electron chi connectivity index (χ0n) is 33.1. The number of aliphatic carboxylic acids is 4. The van der Waals surface area contributed by atoms with E-state index in [1.165, 1.54) is 0 Å². The summed E-state index contributed by atoms with van der Waals surface area (Å²) in [7, 11) is 0. The molecule has 16 nitrogen and oxygen atoms in total. The summed E-state index contributed by atoms with van der Waals surface area (Å²) >= 11 is 0. The second kappa shape index (κ2) is 30.8. The molecule has 0 spiro atoms. The standard InChI is InChI=1S/C15H26N2O4.C12H20N2O4.2C5H10O2/c1-5-12(18)17-11(13(19)20)9-7-8-10-16-14(21)15(3,4)6-2;1-4-9(15)13-6-7-14-11(18)12(3,5-2)8-10(16)17;2*1-3-4(2)5(6)7/h5,11H,1,6-10H2,2-4H3,(H,16,21)(H,17,18)(H,19,20);4H,1,5-8H2,2-3H3,(H,13,15)(H,14,18)(H,16,17);2*4H,3H2,1-2H3,(H,6,7). The van der Waals surface area contributed by atoms with Crippen LogP contribution in [0.3, 0.4) is 0 Å². The first kappa shape index (κ1) is 55.0. The van der Waals surface area contributed by atoms with E-state index in [9.17, 15) is 38.4 Å². The van der Waals surface area contributed by atoms with Gasteiger partial charge in [0.1, 0.15) is 6.04 Å². The van der Waals surface area contributed by atoms with Gasteiger partial charge in [-0.15, -0.1) is 0 Å². The molecule has 53 heavy (non-hydrogen) atoms. The molecular formula is C37H66N4O12. The van der Waals surface area contributed by atoms with Crippen LogP contribution in [0.4, 0.5) is 0 Å². The summed E-state index contributed by atoms with van der Waals surface area (Å²) < 4.78 is 0. The highest BCUT2D eigenvalue weighted by molar-refractivity contribution is 5.90. The number of carboxylic acid groups (broad SMARTS) is 4. The second-order valence-corrected chi connectivity index (χ2v) is 13.1. The summed E-state index contributed by atoms with van der Waals surface area (Å²) in [6.45, 7) is 23.8. The van der Waals surface area contributed by atoms with Crippen molar-refractivity contribution in [2.75, 3.05) is 19.6 Å². The van der Waals surface area contributed by atoms with E-state index in [0.29, 0.717) is 32.2 Å². The normalized spacial score (nSPS) is 12.9. The van der Waals surface area contributed by atoms with Crippen LogP contribution < -0.4 is 21.3 Å². The molecule has 4 atom stereocenters. The number of unbranched alkanes of at least 4 members (excludes halogenated alkanes) is 1. The summed E-state index contributed by atoms with van der Waals surface area (Å²) in [6.07, 6.45) is 6.19. The lowest BCUT2D eigenvalue weighted by Crippen LogP contribution is -2.43. The van der Waals surface area contributed by atoms with Crippen LogP contribution in [0.5, 0.6) is 0 Å². The van der Waals surface area contributed by atoms with Gasteiger partial charge in [0.05, 0.1) is 23.7 Å². The van der Waals surface area contributed by atoms with Crippen molar-refractivity contribution in [3.63, 3.8) is 0 Å². The van der Waals surface area contributed by atoms with Gasteiger partial charge in [-0.1, -0.05) is 75.5 Å².